The predicted molar refractivity (Wildman–Crippen MR) is 146 cm³/mol. The molecule has 0 aliphatic carbocycles. The number of amides is 2. The summed E-state index contributed by atoms with van der Waals surface area (Å²) in [5, 5.41) is 2.85. The third-order valence-corrected chi connectivity index (χ3v) is 8.19. The van der Waals surface area contributed by atoms with Crippen molar-refractivity contribution >= 4 is 27.5 Å². The van der Waals surface area contributed by atoms with Gasteiger partial charge in [-0.05, 0) is 57.5 Å². The van der Waals surface area contributed by atoms with E-state index in [4.69, 9.17) is 0 Å². The number of sulfonamides is 1. The van der Waals surface area contributed by atoms with Crippen LogP contribution in [0.4, 0.5) is 10.1 Å². The van der Waals surface area contributed by atoms with Gasteiger partial charge in [-0.1, -0.05) is 61.0 Å². The van der Waals surface area contributed by atoms with Crippen LogP contribution in [0, 0.1) is 12.7 Å². The van der Waals surface area contributed by atoms with Crippen LogP contribution >= 0.6 is 0 Å². The van der Waals surface area contributed by atoms with Gasteiger partial charge in [-0.15, -0.1) is 0 Å². The third-order valence-electron chi connectivity index (χ3n) is 6.40. The lowest BCUT2D eigenvalue weighted by Crippen LogP contribution is -2.52. The molecule has 3 rings (SSSR count). The number of hydrogen-bond donors (Lipinski definition) is 1. The first-order valence-electron chi connectivity index (χ1n) is 12.5. The van der Waals surface area contributed by atoms with Crippen LogP contribution in [0.15, 0.2) is 83.8 Å². The highest BCUT2D eigenvalue weighted by Gasteiger charge is 2.33. The molecule has 202 valence electrons. The Kier molecular flexibility index (Phi) is 9.63. The van der Waals surface area contributed by atoms with Crippen molar-refractivity contribution in [2.75, 3.05) is 10.8 Å². The number of benzene rings is 3. The van der Waals surface area contributed by atoms with Crippen LogP contribution in [-0.2, 0) is 26.2 Å². The summed E-state index contributed by atoms with van der Waals surface area (Å²) in [6.45, 7) is 6.40. The molecule has 38 heavy (non-hydrogen) atoms. The molecule has 3 aromatic carbocycles. The van der Waals surface area contributed by atoms with Crippen molar-refractivity contribution in [3.05, 3.63) is 95.8 Å². The Balaban J connectivity index is 2.01. The Morgan fingerprint density at radius 1 is 0.921 bits per heavy atom. The number of halogens is 1. The molecule has 0 unspecified atom stereocenters. The van der Waals surface area contributed by atoms with Gasteiger partial charge >= 0.3 is 0 Å². The number of nitrogens with zero attached hydrogens (tertiary/aromatic N) is 2. The van der Waals surface area contributed by atoms with Crippen molar-refractivity contribution < 1.29 is 22.4 Å². The van der Waals surface area contributed by atoms with Crippen molar-refractivity contribution in [2.24, 2.45) is 0 Å². The van der Waals surface area contributed by atoms with E-state index in [1.165, 1.54) is 35.2 Å². The smallest absolute Gasteiger partial charge is 0.264 e. The molecule has 1 N–H and O–H groups in total. The number of nitrogens with one attached hydrogen (secondary N) is 1. The van der Waals surface area contributed by atoms with E-state index in [0.717, 1.165) is 9.87 Å². The normalized spacial score (nSPS) is 12.9. The van der Waals surface area contributed by atoms with E-state index in [1.54, 1.807) is 55.5 Å². The maximum absolute atomic E-state index is 14.6. The van der Waals surface area contributed by atoms with E-state index in [9.17, 15) is 22.4 Å². The minimum atomic E-state index is -4.14. The van der Waals surface area contributed by atoms with Crippen LogP contribution in [0.5, 0.6) is 0 Å². The van der Waals surface area contributed by atoms with Gasteiger partial charge in [0.1, 0.15) is 18.4 Å². The van der Waals surface area contributed by atoms with Gasteiger partial charge in [-0.3, -0.25) is 13.9 Å². The summed E-state index contributed by atoms with van der Waals surface area (Å²) < 4.78 is 43.0. The number of anilines is 1. The Hall–Kier alpha value is -3.72. The first-order chi connectivity index (χ1) is 18.0. The molecule has 0 heterocycles. The van der Waals surface area contributed by atoms with E-state index < -0.39 is 40.2 Å². The Bertz CT molecular complexity index is 1350. The third kappa shape index (κ3) is 6.98. The molecule has 0 radical (unpaired) electrons. The minimum absolute atomic E-state index is 0.0305. The lowest BCUT2D eigenvalue weighted by Gasteiger charge is -2.32. The summed E-state index contributed by atoms with van der Waals surface area (Å²) in [5.41, 5.74) is 1.41. The zero-order chi connectivity index (χ0) is 27.9. The summed E-state index contributed by atoms with van der Waals surface area (Å²) in [4.78, 5) is 28.1. The maximum atomic E-state index is 14.6. The summed E-state index contributed by atoms with van der Waals surface area (Å²) in [6.07, 6.45) is 0.691. The van der Waals surface area contributed by atoms with Crippen LogP contribution < -0.4 is 9.62 Å². The number of aryl methyl sites for hydroxylation is 1. The molecule has 2 amide bonds. The quantitative estimate of drug-likeness (QED) is 0.384. The fourth-order valence-corrected chi connectivity index (χ4v) is 5.23. The molecule has 0 aliphatic heterocycles. The van der Waals surface area contributed by atoms with Crippen molar-refractivity contribution in [3.63, 3.8) is 0 Å². The number of para-hydroxylation sites is 1. The summed E-state index contributed by atoms with van der Waals surface area (Å²) in [5.74, 6) is -1.57. The van der Waals surface area contributed by atoms with E-state index in [2.05, 4.69) is 5.32 Å². The SMILES string of the molecule is CC[C@H](C)NC(=O)[C@@H](C)N(Cc1ccccc1F)C(=O)CN(c1ccccc1)S(=O)(=O)c1ccc(C)cc1. The first kappa shape index (κ1) is 28.8. The van der Waals surface area contributed by atoms with E-state index in [-0.39, 0.29) is 23.0 Å². The molecule has 2 atom stereocenters. The van der Waals surface area contributed by atoms with Gasteiger partial charge < -0.3 is 10.2 Å². The summed E-state index contributed by atoms with van der Waals surface area (Å²) >= 11 is 0. The maximum Gasteiger partial charge on any atom is 0.264 e. The van der Waals surface area contributed by atoms with Crippen LogP contribution in [0.1, 0.15) is 38.3 Å². The lowest BCUT2D eigenvalue weighted by molar-refractivity contribution is -0.139. The predicted octanol–water partition coefficient (Wildman–Crippen LogP) is 4.66. The molecule has 0 fully saturated rings. The number of rotatable bonds is 11. The molecule has 0 aliphatic rings. The molecule has 0 spiro atoms. The second-order valence-electron chi connectivity index (χ2n) is 9.27. The molecule has 0 aromatic heterocycles. The lowest BCUT2D eigenvalue weighted by atomic mass is 10.1. The first-order valence-corrected chi connectivity index (χ1v) is 14.0. The fourth-order valence-electron chi connectivity index (χ4n) is 3.82. The summed E-state index contributed by atoms with van der Waals surface area (Å²) in [6, 6.07) is 19.5. The highest BCUT2D eigenvalue weighted by atomic mass is 32.2. The van der Waals surface area contributed by atoms with Gasteiger partial charge in [0.05, 0.1) is 10.6 Å². The Morgan fingerprint density at radius 3 is 2.13 bits per heavy atom. The molecule has 0 saturated carbocycles. The molecule has 7 nitrogen and oxygen atoms in total. The highest BCUT2D eigenvalue weighted by Crippen LogP contribution is 2.25. The van der Waals surface area contributed by atoms with Gasteiger partial charge in [0.2, 0.25) is 11.8 Å². The minimum Gasteiger partial charge on any atom is -0.352 e. The molecular weight excluding hydrogens is 505 g/mol. The number of carbonyl (C=O) groups is 2. The van der Waals surface area contributed by atoms with Gasteiger partial charge in [0.15, 0.2) is 0 Å². The van der Waals surface area contributed by atoms with E-state index in [1.807, 2.05) is 20.8 Å². The monoisotopic (exact) mass is 539 g/mol. The van der Waals surface area contributed by atoms with Gasteiger partial charge in [-0.2, -0.15) is 0 Å². The topological polar surface area (TPSA) is 86.8 Å². The molecule has 9 heteroatoms. The second kappa shape index (κ2) is 12.7. The molecule has 0 bridgehead atoms. The van der Waals surface area contributed by atoms with Crippen molar-refractivity contribution in [1.82, 2.24) is 10.2 Å². The highest BCUT2D eigenvalue weighted by molar-refractivity contribution is 7.92. The largest absolute Gasteiger partial charge is 0.352 e. The van der Waals surface area contributed by atoms with Crippen molar-refractivity contribution in [2.45, 2.75) is 57.6 Å². The Labute approximate surface area is 224 Å². The van der Waals surface area contributed by atoms with Crippen LogP contribution in [0.2, 0.25) is 0 Å². The van der Waals surface area contributed by atoms with Crippen molar-refractivity contribution in [3.8, 4) is 0 Å². The molecular formula is C29H34FN3O4S. The average Bonchev–Trinajstić information content (AvgIpc) is 2.91. The van der Waals surface area contributed by atoms with E-state index in [0.29, 0.717) is 12.1 Å². The van der Waals surface area contributed by atoms with Crippen LogP contribution in [-0.4, -0.2) is 43.8 Å². The molecule has 0 saturated heterocycles. The Morgan fingerprint density at radius 2 is 1.53 bits per heavy atom. The fraction of sp³-hybridized carbons (Fsp3) is 0.310. The second-order valence-corrected chi connectivity index (χ2v) is 11.1. The van der Waals surface area contributed by atoms with Crippen LogP contribution in [0.3, 0.4) is 0 Å². The van der Waals surface area contributed by atoms with Gasteiger partial charge in [-0.25, -0.2) is 12.8 Å². The van der Waals surface area contributed by atoms with E-state index >= 15 is 0 Å². The van der Waals surface area contributed by atoms with Gasteiger partial charge in [0, 0.05) is 18.2 Å². The average molecular weight is 540 g/mol. The number of carbonyl (C=O) groups excluding carboxylic acids is 2. The zero-order valence-electron chi connectivity index (χ0n) is 22.1. The van der Waals surface area contributed by atoms with Crippen molar-refractivity contribution in [1.29, 1.82) is 0 Å². The molecule has 3 aromatic rings. The zero-order valence-corrected chi connectivity index (χ0v) is 22.9. The number of hydrogen-bond acceptors (Lipinski definition) is 4. The van der Waals surface area contributed by atoms with Gasteiger partial charge in [0.25, 0.3) is 10.0 Å². The van der Waals surface area contributed by atoms with Crippen LogP contribution in [0.25, 0.3) is 0 Å². The standard InChI is InChI=1S/C29H34FN3O4S/c1-5-22(3)31-29(35)23(4)32(19-24-11-9-10-14-27(24)30)28(34)20-33(25-12-7-6-8-13-25)38(36,37)26-17-15-21(2)16-18-26/h6-18,22-23H,5,19-20H2,1-4H3,(H,31,35)/t22-,23+/m0/s1. The summed E-state index contributed by atoms with van der Waals surface area (Å²) in [7, 11) is -4.14.